The van der Waals surface area contributed by atoms with Gasteiger partial charge in [0.1, 0.15) is 0 Å². The van der Waals surface area contributed by atoms with Crippen LogP contribution in [0, 0.1) is 5.41 Å². The van der Waals surface area contributed by atoms with Crippen LogP contribution in [0.1, 0.15) is 46.0 Å². The van der Waals surface area contributed by atoms with E-state index in [1.165, 1.54) is 0 Å². The minimum absolute atomic E-state index is 0.0391. The van der Waals surface area contributed by atoms with Crippen LogP contribution in [0.15, 0.2) is 0 Å². The van der Waals surface area contributed by atoms with Crippen molar-refractivity contribution in [1.29, 1.82) is 0 Å². The Labute approximate surface area is 86.8 Å². The summed E-state index contributed by atoms with van der Waals surface area (Å²) in [7, 11) is 0. The monoisotopic (exact) mass is 204 g/mol. The summed E-state index contributed by atoms with van der Waals surface area (Å²) in [5, 5.41) is 28.0. The maximum absolute atomic E-state index is 9.72. The maximum Gasteiger partial charge on any atom is 0.0848 e. The van der Waals surface area contributed by atoms with Gasteiger partial charge in [-0.15, -0.1) is 0 Å². The van der Waals surface area contributed by atoms with E-state index in [4.69, 9.17) is 5.11 Å². The lowest BCUT2D eigenvalue weighted by molar-refractivity contribution is -0.0581. The van der Waals surface area contributed by atoms with Crippen molar-refractivity contribution in [3.8, 4) is 0 Å². The Bertz CT molecular complexity index is 138. The molecule has 0 fully saturated rings. The van der Waals surface area contributed by atoms with Gasteiger partial charge in [-0.3, -0.25) is 0 Å². The molecule has 0 rings (SSSR count). The van der Waals surface area contributed by atoms with Crippen molar-refractivity contribution in [3.05, 3.63) is 0 Å². The molecule has 0 aliphatic carbocycles. The van der Waals surface area contributed by atoms with Crippen molar-refractivity contribution in [2.75, 3.05) is 13.2 Å². The molecule has 0 bridgehead atoms. The highest BCUT2D eigenvalue weighted by Crippen LogP contribution is 2.33. The molecule has 2 atom stereocenters. The van der Waals surface area contributed by atoms with E-state index in [-0.39, 0.29) is 13.2 Å². The number of aliphatic hydroxyl groups is 3. The predicted molar refractivity (Wildman–Crippen MR) is 57.0 cm³/mol. The predicted octanol–water partition coefficient (Wildman–Crippen LogP) is 1.31. The van der Waals surface area contributed by atoms with Crippen molar-refractivity contribution >= 4 is 0 Å². The number of unbranched alkanes of at least 4 members (excludes halogenated alkanes) is 1. The summed E-state index contributed by atoms with van der Waals surface area (Å²) in [5.74, 6) is 0. The van der Waals surface area contributed by atoms with Gasteiger partial charge in [0.2, 0.25) is 0 Å². The van der Waals surface area contributed by atoms with Crippen molar-refractivity contribution in [2.45, 2.75) is 52.1 Å². The van der Waals surface area contributed by atoms with Crippen LogP contribution in [-0.4, -0.2) is 34.6 Å². The fraction of sp³-hybridized carbons (Fsp3) is 1.00. The topological polar surface area (TPSA) is 60.7 Å². The third kappa shape index (κ3) is 3.56. The van der Waals surface area contributed by atoms with E-state index in [9.17, 15) is 10.2 Å². The summed E-state index contributed by atoms with van der Waals surface area (Å²) < 4.78 is 0. The first-order chi connectivity index (χ1) is 6.66. The van der Waals surface area contributed by atoms with Gasteiger partial charge in [-0.25, -0.2) is 0 Å². The van der Waals surface area contributed by atoms with Gasteiger partial charge in [0.25, 0.3) is 0 Å². The van der Waals surface area contributed by atoms with Crippen LogP contribution < -0.4 is 0 Å². The van der Waals surface area contributed by atoms with Gasteiger partial charge in [-0.05, 0) is 12.8 Å². The van der Waals surface area contributed by atoms with Crippen LogP contribution in [0.4, 0.5) is 0 Å². The first-order valence-electron chi connectivity index (χ1n) is 5.56. The van der Waals surface area contributed by atoms with Crippen LogP contribution in [0.3, 0.4) is 0 Å². The third-order valence-corrected chi connectivity index (χ3v) is 2.97. The SMILES string of the molecule is CCCCC(CO)(CCC)C(O)CO. The van der Waals surface area contributed by atoms with E-state index in [0.29, 0.717) is 0 Å². The van der Waals surface area contributed by atoms with Crippen LogP contribution in [0.5, 0.6) is 0 Å². The molecule has 2 unspecified atom stereocenters. The molecule has 14 heavy (non-hydrogen) atoms. The molecule has 0 aromatic carbocycles. The van der Waals surface area contributed by atoms with Crippen molar-refractivity contribution in [3.63, 3.8) is 0 Å². The van der Waals surface area contributed by atoms with E-state index >= 15 is 0 Å². The van der Waals surface area contributed by atoms with Gasteiger partial charge in [0.05, 0.1) is 19.3 Å². The smallest absolute Gasteiger partial charge is 0.0848 e. The number of hydrogen-bond donors (Lipinski definition) is 3. The summed E-state index contributed by atoms with van der Waals surface area (Å²) in [6, 6.07) is 0. The zero-order valence-electron chi connectivity index (χ0n) is 9.37. The second kappa shape index (κ2) is 7.21. The average molecular weight is 204 g/mol. The molecule has 0 aliphatic rings. The van der Waals surface area contributed by atoms with Crippen LogP contribution in [-0.2, 0) is 0 Å². The third-order valence-electron chi connectivity index (χ3n) is 2.97. The lowest BCUT2D eigenvalue weighted by Gasteiger charge is -2.35. The molecule has 0 amide bonds. The van der Waals surface area contributed by atoms with E-state index in [1.807, 2.05) is 6.92 Å². The Morgan fingerprint density at radius 1 is 1.07 bits per heavy atom. The molecule has 0 heterocycles. The first kappa shape index (κ1) is 13.9. The average Bonchev–Trinajstić information content (AvgIpc) is 2.23. The number of aliphatic hydroxyl groups excluding tert-OH is 3. The molecule has 0 radical (unpaired) electrons. The zero-order valence-corrected chi connectivity index (χ0v) is 9.37. The summed E-state index contributed by atoms with van der Waals surface area (Å²) in [5.41, 5.74) is -0.487. The molecule has 0 aromatic rings. The molecule has 3 heteroatoms. The Hall–Kier alpha value is -0.120. The maximum atomic E-state index is 9.72. The van der Waals surface area contributed by atoms with Gasteiger partial charge in [0.15, 0.2) is 0 Å². The molecule has 3 N–H and O–H groups in total. The second-order valence-electron chi connectivity index (χ2n) is 4.07. The van der Waals surface area contributed by atoms with Gasteiger partial charge in [-0.2, -0.15) is 0 Å². The van der Waals surface area contributed by atoms with E-state index in [0.717, 1.165) is 32.1 Å². The largest absolute Gasteiger partial charge is 0.396 e. The summed E-state index contributed by atoms with van der Waals surface area (Å²) in [6.07, 6.45) is 3.71. The zero-order chi connectivity index (χ0) is 11.0. The minimum atomic E-state index is -0.793. The van der Waals surface area contributed by atoms with Crippen LogP contribution in [0.2, 0.25) is 0 Å². The van der Waals surface area contributed by atoms with Gasteiger partial charge < -0.3 is 15.3 Å². The van der Waals surface area contributed by atoms with E-state index < -0.39 is 11.5 Å². The lowest BCUT2D eigenvalue weighted by atomic mass is 9.75. The standard InChI is InChI=1S/C11H24O3/c1-3-5-7-11(9-13,6-4-2)10(14)8-12/h10,12-14H,3-9H2,1-2H3. The first-order valence-corrected chi connectivity index (χ1v) is 5.56. The highest BCUT2D eigenvalue weighted by molar-refractivity contribution is 4.85. The number of rotatable bonds is 8. The normalized spacial score (nSPS) is 17.8. The lowest BCUT2D eigenvalue weighted by Crippen LogP contribution is -2.41. The molecule has 0 aliphatic heterocycles. The highest BCUT2D eigenvalue weighted by atomic mass is 16.3. The quantitative estimate of drug-likeness (QED) is 0.558. The van der Waals surface area contributed by atoms with Gasteiger partial charge in [-0.1, -0.05) is 33.1 Å². The summed E-state index contributed by atoms with van der Waals surface area (Å²) in [6.45, 7) is 3.81. The molecular weight excluding hydrogens is 180 g/mol. The second-order valence-corrected chi connectivity index (χ2v) is 4.07. The van der Waals surface area contributed by atoms with Crippen molar-refractivity contribution in [2.24, 2.45) is 5.41 Å². The molecule has 3 nitrogen and oxygen atoms in total. The van der Waals surface area contributed by atoms with Crippen LogP contribution >= 0.6 is 0 Å². The van der Waals surface area contributed by atoms with Gasteiger partial charge >= 0.3 is 0 Å². The van der Waals surface area contributed by atoms with Crippen molar-refractivity contribution < 1.29 is 15.3 Å². The number of hydrogen-bond acceptors (Lipinski definition) is 3. The molecular formula is C11H24O3. The van der Waals surface area contributed by atoms with E-state index in [1.54, 1.807) is 0 Å². The van der Waals surface area contributed by atoms with Crippen LogP contribution in [0.25, 0.3) is 0 Å². The van der Waals surface area contributed by atoms with Gasteiger partial charge in [0, 0.05) is 5.41 Å². The minimum Gasteiger partial charge on any atom is -0.396 e. The molecule has 0 aromatic heterocycles. The molecule has 0 spiro atoms. The summed E-state index contributed by atoms with van der Waals surface area (Å²) in [4.78, 5) is 0. The Balaban J connectivity index is 4.41. The fourth-order valence-electron chi connectivity index (χ4n) is 1.94. The Morgan fingerprint density at radius 2 is 1.71 bits per heavy atom. The van der Waals surface area contributed by atoms with Crippen molar-refractivity contribution in [1.82, 2.24) is 0 Å². The molecule has 86 valence electrons. The molecule has 0 saturated heterocycles. The summed E-state index contributed by atoms with van der Waals surface area (Å²) >= 11 is 0. The molecule has 0 saturated carbocycles. The highest BCUT2D eigenvalue weighted by Gasteiger charge is 2.35. The Kier molecular flexibility index (Phi) is 7.15. The Morgan fingerprint density at radius 3 is 2.07 bits per heavy atom. The fourth-order valence-corrected chi connectivity index (χ4v) is 1.94. The van der Waals surface area contributed by atoms with E-state index in [2.05, 4.69) is 6.92 Å².